The summed E-state index contributed by atoms with van der Waals surface area (Å²) in [4.78, 5) is 31.7. The van der Waals surface area contributed by atoms with E-state index in [1.165, 1.54) is 12.1 Å². The van der Waals surface area contributed by atoms with Crippen LogP contribution in [0.1, 0.15) is 110 Å². The largest absolute Gasteiger partial charge is 0.462 e. The number of Topliss-reactive ketones (excluding diaryl/α,β-unsaturated/α-hetero) is 1. The van der Waals surface area contributed by atoms with Crippen LogP contribution in [0.4, 0.5) is 4.39 Å². The molecule has 3 aliphatic heterocycles. The Morgan fingerprint density at radius 3 is 2.15 bits per heavy atom. The van der Waals surface area contributed by atoms with Crippen LogP contribution < -0.4 is 0 Å². The lowest BCUT2D eigenvalue weighted by Gasteiger charge is -2.44. The SMILES string of the molecule is CC[C@H]1CCC[C@H](O[C@H]2CC[C@H](N(C)C)C(C)O2)[C@@H](C)C(=O)C2C(c3ccc(F)cc3)[C@@H]3C(CCC4C[C@@H](O[C@@H]5OC(C)[C@H](OC)C(OC)[C@@H]5OC)C[C@H]43)[C@@H]2CC(=O)O1. The average molecular weight is 830 g/mol. The van der Waals surface area contributed by atoms with Crippen LogP contribution >= 0.6 is 0 Å². The zero-order chi connectivity index (χ0) is 42.1. The first-order valence-corrected chi connectivity index (χ1v) is 22.7. The number of nitrogens with zero attached hydrogens (tertiary/aromatic N) is 1. The molecule has 11 nitrogen and oxygen atoms in total. The molecule has 0 N–H and O–H groups in total. The first-order chi connectivity index (χ1) is 28.4. The standard InChI is InChI=1S/C47H72FNO10/c1-10-31-12-11-13-37(59-39-21-20-36(49(5)6)26(3)55-39)25(2)43(51)42-35(24-38(50)57-31)33-19-16-29-22-32(23-34(29)41(33)40(42)28-14-17-30(48)18-15-28)58-47-46(54-9)45(53-8)44(52-7)27(4)56-47/h14-15,17-18,25-27,29,31-37,39-42,44-47H,10-13,16,19-24H2,1-9H3/t25-,26?,27?,29?,31+,32-,33?,34-,35+,36+,37+,39+,40?,41-,42?,44+,45?,46+,47+/m1/s1. The molecule has 12 heteroatoms. The van der Waals surface area contributed by atoms with Gasteiger partial charge in [-0.05, 0) is 145 Å². The summed E-state index contributed by atoms with van der Waals surface area (Å²) < 4.78 is 65.0. The monoisotopic (exact) mass is 830 g/mol. The zero-order valence-electron chi connectivity index (χ0n) is 37.0. The number of hydrogen-bond donors (Lipinski definition) is 0. The third kappa shape index (κ3) is 9.36. The van der Waals surface area contributed by atoms with Crippen molar-refractivity contribution in [1.82, 2.24) is 4.90 Å². The maximum absolute atomic E-state index is 15.5. The summed E-state index contributed by atoms with van der Waals surface area (Å²) >= 11 is 0. The molecule has 0 spiro atoms. The van der Waals surface area contributed by atoms with E-state index in [1.54, 1.807) is 21.3 Å². The van der Waals surface area contributed by atoms with Gasteiger partial charge in [0, 0.05) is 45.6 Å². The number of methoxy groups -OCH3 is 3. The van der Waals surface area contributed by atoms with E-state index in [2.05, 4.69) is 32.8 Å². The molecule has 3 heterocycles. The number of carbonyl (C=O) groups excluding carboxylic acids is 2. The Bertz CT molecular complexity index is 1550. The van der Waals surface area contributed by atoms with Crippen LogP contribution in [-0.4, -0.2) is 120 Å². The van der Waals surface area contributed by atoms with E-state index in [0.29, 0.717) is 18.4 Å². The summed E-state index contributed by atoms with van der Waals surface area (Å²) in [6.45, 7) is 8.18. The van der Waals surface area contributed by atoms with Crippen molar-refractivity contribution < 1.29 is 51.9 Å². The average Bonchev–Trinajstić information content (AvgIpc) is 3.77. The van der Waals surface area contributed by atoms with Crippen LogP contribution in [0.3, 0.4) is 0 Å². The maximum Gasteiger partial charge on any atom is 0.306 e. The molecule has 332 valence electrons. The first-order valence-electron chi connectivity index (χ1n) is 22.7. The highest BCUT2D eigenvalue weighted by Gasteiger charge is 2.61. The number of carbonyl (C=O) groups is 2. The summed E-state index contributed by atoms with van der Waals surface area (Å²) in [5, 5.41) is 0. The highest BCUT2D eigenvalue weighted by atomic mass is 19.1. The van der Waals surface area contributed by atoms with E-state index < -0.39 is 30.5 Å². The van der Waals surface area contributed by atoms with Gasteiger partial charge in [0.15, 0.2) is 12.6 Å². The minimum atomic E-state index is -0.635. The van der Waals surface area contributed by atoms with E-state index in [-0.39, 0.29) is 96.3 Å². The van der Waals surface area contributed by atoms with Gasteiger partial charge in [-0.15, -0.1) is 0 Å². The molecule has 59 heavy (non-hydrogen) atoms. The summed E-state index contributed by atoms with van der Waals surface area (Å²) in [5.74, 6) is -0.876. The Hall–Kier alpha value is -2.03. The first kappa shape index (κ1) is 45.0. The molecule has 3 saturated carbocycles. The second kappa shape index (κ2) is 19.6. The molecule has 7 unspecified atom stereocenters. The predicted octanol–water partition coefficient (Wildman–Crippen LogP) is 7.32. The fourth-order valence-corrected chi connectivity index (χ4v) is 12.8. The van der Waals surface area contributed by atoms with E-state index in [1.807, 2.05) is 26.0 Å². The molecule has 3 saturated heterocycles. The van der Waals surface area contributed by atoms with Gasteiger partial charge in [0.1, 0.15) is 36.0 Å². The van der Waals surface area contributed by atoms with Crippen LogP contribution in [0.25, 0.3) is 0 Å². The number of likely N-dealkylation sites (N-methyl/N-ethyl adjacent to an activating group) is 1. The van der Waals surface area contributed by atoms with Gasteiger partial charge in [-0.3, -0.25) is 9.59 Å². The molecule has 6 aliphatic rings. The van der Waals surface area contributed by atoms with Crippen LogP contribution in [0.2, 0.25) is 0 Å². The number of cyclic esters (lactones) is 1. The highest BCUT2D eigenvalue weighted by Crippen LogP contribution is 2.64. The number of rotatable bonds is 10. The van der Waals surface area contributed by atoms with Gasteiger partial charge in [0.2, 0.25) is 0 Å². The van der Waals surface area contributed by atoms with Crippen LogP contribution in [0.5, 0.6) is 0 Å². The van der Waals surface area contributed by atoms with Crippen LogP contribution in [0, 0.1) is 47.2 Å². The molecule has 6 fully saturated rings. The summed E-state index contributed by atoms with van der Waals surface area (Å²) in [7, 11) is 9.13. The molecule has 0 aromatic heterocycles. The lowest BCUT2D eigenvalue weighted by atomic mass is 9.64. The van der Waals surface area contributed by atoms with Crippen molar-refractivity contribution in [3.8, 4) is 0 Å². The van der Waals surface area contributed by atoms with Gasteiger partial charge in [0.25, 0.3) is 0 Å². The van der Waals surface area contributed by atoms with E-state index in [0.717, 1.165) is 63.4 Å². The number of fused-ring (bicyclic) bond motifs is 5. The number of hydrogen-bond acceptors (Lipinski definition) is 11. The second-order valence-corrected chi connectivity index (χ2v) is 18.9. The molecular weight excluding hydrogens is 758 g/mol. The molecule has 19 atom stereocenters. The molecule has 3 aliphatic carbocycles. The Balaban J connectivity index is 1.20. The molecule has 1 aromatic carbocycles. The molecule has 7 rings (SSSR count). The summed E-state index contributed by atoms with van der Waals surface area (Å²) in [5.41, 5.74) is 0.959. The van der Waals surface area contributed by atoms with Crippen LogP contribution in [0.15, 0.2) is 24.3 Å². The third-order valence-corrected chi connectivity index (χ3v) is 15.6. The normalized spacial score (nSPS) is 44.6. The molecule has 0 bridgehead atoms. The third-order valence-electron chi connectivity index (χ3n) is 15.6. The maximum atomic E-state index is 15.5. The smallest absolute Gasteiger partial charge is 0.306 e. The van der Waals surface area contributed by atoms with Crippen molar-refractivity contribution >= 4 is 11.8 Å². The Labute approximate surface area is 352 Å². The van der Waals surface area contributed by atoms with E-state index in [4.69, 9.17) is 37.9 Å². The molecule has 0 radical (unpaired) electrons. The Kier molecular flexibility index (Phi) is 14.9. The fraction of sp³-hybridized carbons (Fsp3) is 0.830. The second-order valence-electron chi connectivity index (χ2n) is 18.9. The fourth-order valence-electron chi connectivity index (χ4n) is 12.8. The zero-order valence-corrected chi connectivity index (χ0v) is 37.0. The van der Waals surface area contributed by atoms with Crippen molar-refractivity contribution in [2.75, 3.05) is 35.4 Å². The van der Waals surface area contributed by atoms with Gasteiger partial charge in [0.05, 0.1) is 24.4 Å². The van der Waals surface area contributed by atoms with Gasteiger partial charge in [-0.25, -0.2) is 4.39 Å². The van der Waals surface area contributed by atoms with Crippen molar-refractivity contribution in [3.05, 3.63) is 35.6 Å². The van der Waals surface area contributed by atoms with Gasteiger partial charge in [-0.2, -0.15) is 0 Å². The highest BCUT2D eigenvalue weighted by molar-refractivity contribution is 5.86. The predicted molar refractivity (Wildman–Crippen MR) is 219 cm³/mol. The van der Waals surface area contributed by atoms with E-state index >= 15 is 4.79 Å². The quantitative estimate of drug-likeness (QED) is 0.221. The van der Waals surface area contributed by atoms with Crippen molar-refractivity contribution in [3.63, 3.8) is 0 Å². The lowest BCUT2D eigenvalue weighted by molar-refractivity contribution is -0.314. The lowest BCUT2D eigenvalue weighted by Crippen LogP contribution is -2.59. The number of ether oxygens (including phenoxy) is 8. The number of esters is 1. The van der Waals surface area contributed by atoms with Crippen molar-refractivity contribution in [2.45, 2.75) is 172 Å². The number of halogens is 1. The summed E-state index contributed by atoms with van der Waals surface area (Å²) in [6.07, 6.45) is 5.28. The minimum Gasteiger partial charge on any atom is -0.462 e. The van der Waals surface area contributed by atoms with Gasteiger partial charge < -0.3 is 42.8 Å². The Morgan fingerprint density at radius 2 is 1.49 bits per heavy atom. The summed E-state index contributed by atoms with van der Waals surface area (Å²) in [6, 6.07) is 7.08. The minimum absolute atomic E-state index is 0.000570. The van der Waals surface area contributed by atoms with Gasteiger partial charge >= 0.3 is 5.97 Å². The topological polar surface area (TPSA) is 111 Å². The van der Waals surface area contributed by atoms with Crippen LogP contribution in [-0.2, 0) is 47.5 Å². The molecular formula is C47H72FNO10. The van der Waals surface area contributed by atoms with Crippen molar-refractivity contribution in [1.29, 1.82) is 0 Å². The van der Waals surface area contributed by atoms with E-state index in [9.17, 15) is 9.18 Å². The number of ketones is 1. The molecule has 0 amide bonds. The molecule has 1 aromatic rings. The Morgan fingerprint density at radius 1 is 0.763 bits per heavy atom. The number of benzene rings is 1. The van der Waals surface area contributed by atoms with Crippen molar-refractivity contribution in [2.24, 2.45) is 41.4 Å². The van der Waals surface area contributed by atoms with Gasteiger partial charge in [-0.1, -0.05) is 26.0 Å².